The minimum absolute atomic E-state index is 0. The zero-order valence-corrected chi connectivity index (χ0v) is 16.0. The molecule has 0 aromatic heterocycles. The van der Waals surface area contributed by atoms with Gasteiger partial charge in [0, 0.05) is 13.3 Å². The van der Waals surface area contributed by atoms with Crippen molar-refractivity contribution in [3.63, 3.8) is 0 Å². The number of carbonyl (C=O) groups is 2. The average molecular weight is 342 g/mol. The predicted molar refractivity (Wildman–Crippen MR) is 101 cm³/mol. The van der Waals surface area contributed by atoms with Crippen LogP contribution in [0, 0.1) is 0 Å². The molecule has 0 unspecified atom stereocenters. The highest BCUT2D eigenvalue weighted by Gasteiger charge is 2.04. The molecule has 0 bridgehead atoms. The molecule has 0 aliphatic carbocycles. The van der Waals surface area contributed by atoms with Crippen molar-refractivity contribution in [2.24, 2.45) is 0 Å². The summed E-state index contributed by atoms with van der Waals surface area (Å²) in [4.78, 5) is 21.7. The molecular weight excluding hydrogens is 302 g/mol. The van der Waals surface area contributed by atoms with Crippen LogP contribution in [0.1, 0.15) is 104 Å². The molecule has 0 fully saturated rings. The van der Waals surface area contributed by atoms with Crippen LogP contribution in [-0.4, -0.2) is 11.9 Å². The van der Waals surface area contributed by atoms with Gasteiger partial charge in [-0.15, -0.1) is 0 Å². The van der Waals surface area contributed by atoms with E-state index in [4.69, 9.17) is 0 Å². The van der Waals surface area contributed by atoms with Gasteiger partial charge in [-0.2, -0.15) is 0 Å². The lowest BCUT2D eigenvalue weighted by Gasteiger charge is -2.01. The van der Waals surface area contributed by atoms with Gasteiger partial charge in [0.15, 0.2) is 0 Å². The van der Waals surface area contributed by atoms with Crippen molar-refractivity contribution in [2.75, 3.05) is 0 Å². The zero-order valence-electron chi connectivity index (χ0n) is 16.0. The van der Waals surface area contributed by atoms with Crippen LogP contribution >= 0.6 is 0 Å². The summed E-state index contributed by atoms with van der Waals surface area (Å²) in [7, 11) is 0. The summed E-state index contributed by atoms with van der Waals surface area (Å²) in [5, 5.41) is 0. The minimum Gasteiger partial charge on any atom is -0.393 e. The van der Waals surface area contributed by atoms with E-state index >= 15 is 0 Å². The summed E-state index contributed by atoms with van der Waals surface area (Å²) in [6.45, 7) is 3.52. The molecule has 4 heteroatoms. The molecule has 0 radical (unpaired) electrons. The molecule has 0 heterocycles. The van der Waals surface area contributed by atoms with Crippen molar-refractivity contribution < 1.29 is 14.3 Å². The van der Waals surface area contributed by atoms with Crippen molar-refractivity contribution in [3.8, 4) is 0 Å². The molecular formula is C20H39NO3. The Morgan fingerprint density at radius 1 is 0.750 bits per heavy atom. The Labute approximate surface area is 149 Å². The van der Waals surface area contributed by atoms with E-state index in [1.54, 1.807) is 0 Å². The number of carbonyl (C=O) groups excluding carboxylic acids is 2. The van der Waals surface area contributed by atoms with Gasteiger partial charge in [0.25, 0.3) is 0 Å². The quantitative estimate of drug-likeness (QED) is 0.165. The third-order valence-electron chi connectivity index (χ3n) is 3.90. The maximum Gasteiger partial charge on any atom is 0.313 e. The van der Waals surface area contributed by atoms with Crippen molar-refractivity contribution in [2.45, 2.75) is 104 Å². The molecule has 0 amide bonds. The Hall–Kier alpha value is -1.16. The Morgan fingerprint density at radius 2 is 1.21 bits per heavy atom. The van der Waals surface area contributed by atoms with E-state index in [9.17, 15) is 9.59 Å². The van der Waals surface area contributed by atoms with E-state index in [0.29, 0.717) is 6.42 Å². The fraction of sp³-hybridized carbons (Fsp3) is 0.800. The Bertz CT molecular complexity index is 327. The molecule has 0 aliphatic heterocycles. The van der Waals surface area contributed by atoms with Crippen molar-refractivity contribution in [1.29, 1.82) is 0 Å². The molecule has 0 aliphatic rings. The van der Waals surface area contributed by atoms with Gasteiger partial charge in [0.05, 0.1) is 0 Å². The third kappa shape index (κ3) is 20.8. The molecule has 0 spiro atoms. The van der Waals surface area contributed by atoms with Crippen LogP contribution in [0.3, 0.4) is 0 Å². The molecule has 3 N–H and O–H groups in total. The fourth-order valence-electron chi connectivity index (χ4n) is 2.55. The summed E-state index contributed by atoms with van der Waals surface area (Å²) in [5.74, 6) is -0.905. The van der Waals surface area contributed by atoms with Crippen LogP contribution in [-0.2, 0) is 14.3 Å². The SMILES string of the molecule is CCCCCCCC/C=C\CCCCCCCC(=O)OC(C)=O.N. The number of hydrogen-bond donors (Lipinski definition) is 1. The lowest BCUT2D eigenvalue weighted by molar-refractivity contribution is -0.158. The highest BCUT2D eigenvalue weighted by Crippen LogP contribution is 2.10. The number of allylic oxidation sites excluding steroid dienone is 2. The largest absolute Gasteiger partial charge is 0.393 e. The molecule has 0 atom stereocenters. The van der Waals surface area contributed by atoms with Crippen LogP contribution in [0.5, 0.6) is 0 Å². The number of esters is 2. The van der Waals surface area contributed by atoms with Crippen molar-refractivity contribution in [1.82, 2.24) is 6.15 Å². The maximum absolute atomic E-state index is 11.1. The predicted octanol–water partition coefficient (Wildman–Crippen LogP) is 6.28. The second-order valence-electron chi connectivity index (χ2n) is 6.30. The lowest BCUT2D eigenvalue weighted by atomic mass is 10.1. The van der Waals surface area contributed by atoms with Gasteiger partial charge in [-0.3, -0.25) is 9.59 Å². The van der Waals surface area contributed by atoms with Crippen molar-refractivity contribution in [3.05, 3.63) is 12.2 Å². The van der Waals surface area contributed by atoms with Gasteiger partial charge in [-0.05, 0) is 32.1 Å². The minimum atomic E-state index is -0.511. The van der Waals surface area contributed by atoms with E-state index in [1.165, 1.54) is 71.1 Å². The van der Waals surface area contributed by atoms with Crippen LogP contribution < -0.4 is 6.15 Å². The second kappa shape index (κ2) is 19.9. The number of ether oxygens (including phenoxy) is 1. The van der Waals surface area contributed by atoms with E-state index in [1.807, 2.05) is 0 Å². The first-order valence-electron chi connectivity index (χ1n) is 9.53. The molecule has 142 valence electrons. The summed E-state index contributed by atoms with van der Waals surface area (Å²) in [6.07, 6.45) is 21.0. The van der Waals surface area contributed by atoms with Crippen LogP contribution in [0.4, 0.5) is 0 Å². The number of rotatable bonds is 15. The second-order valence-corrected chi connectivity index (χ2v) is 6.30. The van der Waals surface area contributed by atoms with E-state index in [-0.39, 0.29) is 6.15 Å². The number of hydrogen-bond acceptors (Lipinski definition) is 4. The topological polar surface area (TPSA) is 78.4 Å². The Balaban J connectivity index is 0. The van der Waals surface area contributed by atoms with Gasteiger partial charge < -0.3 is 10.9 Å². The van der Waals surface area contributed by atoms with Gasteiger partial charge in [0.2, 0.25) is 0 Å². The molecule has 0 aromatic carbocycles. The van der Waals surface area contributed by atoms with Gasteiger partial charge in [0.1, 0.15) is 0 Å². The number of unbranched alkanes of at least 4 members (excludes halogenated alkanes) is 11. The Kier molecular flexibility index (Phi) is 20.8. The molecule has 24 heavy (non-hydrogen) atoms. The Morgan fingerprint density at radius 3 is 1.71 bits per heavy atom. The molecule has 0 saturated carbocycles. The zero-order chi connectivity index (χ0) is 17.2. The molecule has 4 nitrogen and oxygen atoms in total. The monoisotopic (exact) mass is 341 g/mol. The average Bonchev–Trinajstić information content (AvgIpc) is 2.50. The fourth-order valence-corrected chi connectivity index (χ4v) is 2.55. The first kappa shape index (κ1) is 25.1. The van der Waals surface area contributed by atoms with Gasteiger partial charge in [-0.1, -0.05) is 70.4 Å². The van der Waals surface area contributed by atoms with Gasteiger partial charge >= 0.3 is 11.9 Å². The van der Waals surface area contributed by atoms with E-state index in [0.717, 1.165) is 19.3 Å². The van der Waals surface area contributed by atoms with E-state index in [2.05, 4.69) is 23.8 Å². The first-order valence-corrected chi connectivity index (χ1v) is 9.53. The van der Waals surface area contributed by atoms with Crippen LogP contribution in [0.25, 0.3) is 0 Å². The van der Waals surface area contributed by atoms with Crippen LogP contribution in [0.15, 0.2) is 12.2 Å². The summed E-state index contributed by atoms with van der Waals surface area (Å²) >= 11 is 0. The van der Waals surface area contributed by atoms with E-state index < -0.39 is 11.9 Å². The molecule has 0 aromatic rings. The van der Waals surface area contributed by atoms with Crippen molar-refractivity contribution >= 4 is 11.9 Å². The summed E-state index contributed by atoms with van der Waals surface area (Å²) in [6, 6.07) is 0. The smallest absolute Gasteiger partial charge is 0.313 e. The highest BCUT2D eigenvalue weighted by atomic mass is 16.6. The lowest BCUT2D eigenvalue weighted by Crippen LogP contribution is -2.08. The first-order chi connectivity index (χ1) is 11.2. The normalized spacial score (nSPS) is 10.6. The summed E-state index contributed by atoms with van der Waals surface area (Å²) in [5.41, 5.74) is 0. The third-order valence-corrected chi connectivity index (χ3v) is 3.90. The maximum atomic E-state index is 11.1. The standard InChI is InChI=1S/C20H36O3.H3N/c1-3-4-5-6-7-8-9-10-11-12-13-14-15-16-17-18-20(22)23-19(2)21;/h10-11H,3-9,12-18H2,1-2H3;1H3/b11-10-;. The highest BCUT2D eigenvalue weighted by molar-refractivity contribution is 5.83. The molecule has 0 saturated heterocycles. The summed E-state index contributed by atoms with van der Waals surface area (Å²) < 4.78 is 4.48. The molecule has 0 rings (SSSR count). The van der Waals surface area contributed by atoms with Gasteiger partial charge in [-0.25, -0.2) is 0 Å². The van der Waals surface area contributed by atoms with Crippen LogP contribution in [0.2, 0.25) is 0 Å².